The van der Waals surface area contributed by atoms with Crippen LogP contribution in [0.5, 0.6) is 0 Å². The molecule has 0 radical (unpaired) electrons. The van der Waals surface area contributed by atoms with Crippen LogP contribution in [0, 0.1) is 5.92 Å². The summed E-state index contributed by atoms with van der Waals surface area (Å²) in [6.45, 7) is 1.90. The minimum Gasteiger partial charge on any atom is -0.355 e. The largest absolute Gasteiger partial charge is 0.355 e. The molecule has 3 amide bonds. The monoisotopic (exact) mass is 357 g/mol. The molecule has 2 heterocycles. The number of amides is 3. The minimum absolute atomic E-state index is 0.00381. The van der Waals surface area contributed by atoms with Crippen LogP contribution in [-0.2, 0) is 11.2 Å². The van der Waals surface area contributed by atoms with Crippen molar-refractivity contribution in [3.8, 4) is 0 Å². The summed E-state index contributed by atoms with van der Waals surface area (Å²) in [6, 6.07) is 13.4. The van der Waals surface area contributed by atoms with Crippen LogP contribution in [0.1, 0.15) is 17.7 Å². The van der Waals surface area contributed by atoms with Crippen LogP contribution in [0.3, 0.4) is 0 Å². The van der Waals surface area contributed by atoms with Crippen LogP contribution >= 0.6 is 11.3 Å². The van der Waals surface area contributed by atoms with Gasteiger partial charge in [-0.15, -0.1) is 11.3 Å². The van der Waals surface area contributed by atoms with Crippen molar-refractivity contribution >= 4 is 29.0 Å². The van der Waals surface area contributed by atoms with E-state index in [1.807, 2.05) is 41.8 Å². The van der Waals surface area contributed by atoms with Gasteiger partial charge in [-0.05, 0) is 42.8 Å². The van der Waals surface area contributed by atoms with Crippen LogP contribution < -0.4 is 10.6 Å². The zero-order chi connectivity index (χ0) is 17.5. The van der Waals surface area contributed by atoms with E-state index in [2.05, 4.69) is 16.7 Å². The van der Waals surface area contributed by atoms with Gasteiger partial charge in [0.05, 0.1) is 0 Å². The maximum atomic E-state index is 12.3. The number of thiophene rings is 1. The van der Waals surface area contributed by atoms with Crippen molar-refractivity contribution < 1.29 is 9.59 Å². The molecule has 132 valence electrons. The van der Waals surface area contributed by atoms with Crippen molar-refractivity contribution in [2.75, 3.05) is 25.0 Å². The Hall–Kier alpha value is -2.34. The number of nitrogens with zero attached hydrogens (tertiary/aromatic N) is 1. The predicted octanol–water partition coefficient (Wildman–Crippen LogP) is 3.35. The molecule has 1 fully saturated rings. The maximum Gasteiger partial charge on any atom is 0.321 e. The Kier molecular flexibility index (Phi) is 6.06. The topological polar surface area (TPSA) is 61.4 Å². The lowest BCUT2D eigenvalue weighted by Crippen LogP contribution is -2.44. The fourth-order valence-corrected chi connectivity index (χ4v) is 3.69. The molecule has 6 heteroatoms. The highest BCUT2D eigenvalue weighted by Gasteiger charge is 2.27. The normalized spacial score (nSPS) is 15.0. The van der Waals surface area contributed by atoms with Gasteiger partial charge >= 0.3 is 6.03 Å². The quantitative estimate of drug-likeness (QED) is 0.862. The molecule has 1 aromatic heterocycles. The van der Waals surface area contributed by atoms with Crippen molar-refractivity contribution in [2.45, 2.75) is 19.3 Å². The number of carbonyl (C=O) groups is 2. The molecule has 25 heavy (non-hydrogen) atoms. The number of nitrogens with one attached hydrogen (secondary N) is 2. The molecule has 2 N–H and O–H groups in total. The average molecular weight is 357 g/mol. The first-order valence-corrected chi connectivity index (χ1v) is 9.51. The van der Waals surface area contributed by atoms with Gasteiger partial charge in [-0.25, -0.2) is 4.79 Å². The van der Waals surface area contributed by atoms with Gasteiger partial charge in [0.1, 0.15) is 0 Å². The van der Waals surface area contributed by atoms with E-state index >= 15 is 0 Å². The molecule has 1 aliphatic heterocycles. The number of urea groups is 1. The zero-order valence-electron chi connectivity index (χ0n) is 14.1. The first-order valence-electron chi connectivity index (χ1n) is 8.63. The van der Waals surface area contributed by atoms with Gasteiger partial charge in [-0.1, -0.05) is 24.3 Å². The van der Waals surface area contributed by atoms with E-state index in [0.29, 0.717) is 32.5 Å². The van der Waals surface area contributed by atoms with E-state index in [9.17, 15) is 9.59 Å². The molecule has 0 bridgehead atoms. The molecular formula is C19H23N3O2S. The Morgan fingerprint density at radius 1 is 1.08 bits per heavy atom. The summed E-state index contributed by atoms with van der Waals surface area (Å²) >= 11 is 1.71. The van der Waals surface area contributed by atoms with E-state index in [-0.39, 0.29) is 17.9 Å². The fourth-order valence-electron chi connectivity index (χ4n) is 2.98. The third-order valence-electron chi connectivity index (χ3n) is 4.43. The molecular weight excluding hydrogens is 334 g/mol. The Morgan fingerprint density at radius 3 is 2.52 bits per heavy atom. The number of anilines is 1. The molecule has 0 saturated carbocycles. The van der Waals surface area contributed by atoms with E-state index in [1.165, 1.54) is 4.88 Å². The van der Waals surface area contributed by atoms with E-state index in [1.54, 1.807) is 16.2 Å². The number of carbonyl (C=O) groups excluding carboxylic acids is 2. The molecule has 3 rings (SSSR count). The lowest BCUT2D eigenvalue weighted by atomic mass is 9.96. The van der Waals surface area contributed by atoms with Gasteiger partial charge in [0.2, 0.25) is 5.91 Å². The summed E-state index contributed by atoms with van der Waals surface area (Å²) in [5, 5.41) is 7.97. The van der Waals surface area contributed by atoms with Crippen molar-refractivity contribution in [1.29, 1.82) is 0 Å². The maximum absolute atomic E-state index is 12.3. The third kappa shape index (κ3) is 5.06. The summed E-state index contributed by atoms with van der Waals surface area (Å²) in [5.41, 5.74) is 0.793. The van der Waals surface area contributed by atoms with E-state index in [0.717, 1.165) is 12.1 Å². The summed E-state index contributed by atoms with van der Waals surface area (Å²) in [5.74, 6) is 0.115. The van der Waals surface area contributed by atoms with Crippen LogP contribution in [0.2, 0.25) is 0 Å². The van der Waals surface area contributed by atoms with Crippen LogP contribution in [-0.4, -0.2) is 36.5 Å². The van der Waals surface area contributed by atoms with E-state index < -0.39 is 0 Å². The first kappa shape index (κ1) is 17.5. The molecule has 0 spiro atoms. The lowest BCUT2D eigenvalue weighted by molar-refractivity contribution is -0.126. The molecule has 2 aromatic rings. The van der Waals surface area contributed by atoms with E-state index in [4.69, 9.17) is 0 Å². The summed E-state index contributed by atoms with van der Waals surface area (Å²) in [4.78, 5) is 27.6. The molecule has 5 nitrogen and oxygen atoms in total. The van der Waals surface area contributed by atoms with Gasteiger partial charge < -0.3 is 15.5 Å². The van der Waals surface area contributed by atoms with Crippen molar-refractivity contribution in [3.05, 3.63) is 52.7 Å². The second-order valence-electron chi connectivity index (χ2n) is 6.18. The van der Waals surface area contributed by atoms with Crippen molar-refractivity contribution in [2.24, 2.45) is 5.92 Å². The number of piperidine rings is 1. The van der Waals surface area contributed by atoms with Gasteiger partial charge in [0, 0.05) is 36.1 Å². The fraction of sp³-hybridized carbons (Fsp3) is 0.368. The van der Waals surface area contributed by atoms with Crippen molar-refractivity contribution in [3.63, 3.8) is 0 Å². The second kappa shape index (κ2) is 8.67. The Labute approximate surface area is 152 Å². The molecule has 1 saturated heterocycles. The minimum atomic E-state index is -0.0947. The molecule has 0 unspecified atom stereocenters. The number of benzene rings is 1. The summed E-state index contributed by atoms with van der Waals surface area (Å²) in [6.07, 6.45) is 2.31. The predicted molar refractivity (Wildman–Crippen MR) is 101 cm³/mol. The van der Waals surface area contributed by atoms with Gasteiger partial charge in [-0.3, -0.25) is 4.79 Å². The van der Waals surface area contributed by atoms with Gasteiger partial charge in [0.15, 0.2) is 0 Å². The van der Waals surface area contributed by atoms with Crippen LogP contribution in [0.4, 0.5) is 10.5 Å². The lowest BCUT2D eigenvalue weighted by Gasteiger charge is -2.31. The Bertz CT molecular complexity index is 680. The Morgan fingerprint density at radius 2 is 1.84 bits per heavy atom. The van der Waals surface area contributed by atoms with Crippen LogP contribution in [0.25, 0.3) is 0 Å². The Balaban J connectivity index is 1.38. The highest BCUT2D eigenvalue weighted by atomic mass is 32.1. The number of hydrogen-bond donors (Lipinski definition) is 2. The number of para-hydroxylation sites is 1. The number of hydrogen-bond acceptors (Lipinski definition) is 3. The highest BCUT2D eigenvalue weighted by molar-refractivity contribution is 7.09. The van der Waals surface area contributed by atoms with Gasteiger partial charge in [0.25, 0.3) is 0 Å². The van der Waals surface area contributed by atoms with Crippen molar-refractivity contribution in [1.82, 2.24) is 10.2 Å². The molecule has 0 aliphatic carbocycles. The zero-order valence-corrected chi connectivity index (χ0v) is 14.9. The SMILES string of the molecule is O=C(NCCc1cccs1)C1CCN(C(=O)Nc2ccccc2)CC1. The summed E-state index contributed by atoms with van der Waals surface area (Å²) < 4.78 is 0. The van der Waals surface area contributed by atoms with Gasteiger partial charge in [-0.2, -0.15) is 0 Å². The molecule has 1 aliphatic rings. The number of likely N-dealkylation sites (tertiary alicyclic amines) is 1. The first-order chi connectivity index (χ1) is 12.2. The number of rotatable bonds is 5. The second-order valence-corrected chi connectivity index (χ2v) is 7.21. The van der Waals surface area contributed by atoms with Crippen LogP contribution in [0.15, 0.2) is 47.8 Å². The summed E-state index contributed by atoms with van der Waals surface area (Å²) in [7, 11) is 0. The average Bonchev–Trinajstić information content (AvgIpc) is 3.16. The highest BCUT2D eigenvalue weighted by Crippen LogP contribution is 2.18. The standard InChI is InChI=1S/C19H23N3O2S/c23-18(20-11-8-17-7-4-14-25-17)15-9-12-22(13-10-15)19(24)21-16-5-2-1-3-6-16/h1-7,14-15H,8-13H2,(H,20,23)(H,21,24). The smallest absolute Gasteiger partial charge is 0.321 e. The molecule has 0 atom stereocenters. The molecule has 1 aromatic carbocycles. The third-order valence-corrected chi connectivity index (χ3v) is 5.36.